The molecule has 36 heavy (non-hydrogen) atoms. The normalized spacial score (nSPS) is 17.9. The molecule has 3 aromatic rings. The Morgan fingerprint density at radius 1 is 0.917 bits per heavy atom. The van der Waals surface area contributed by atoms with Gasteiger partial charge in [-0.1, -0.05) is 66.2 Å². The summed E-state index contributed by atoms with van der Waals surface area (Å²) in [5.74, 6) is -0.807. The molecule has 0 saturated carbocycles. The van der Waals surface area contributed by atoms with Crippen molar-refractivity contribution in [3.63, 3.8) is 0 Å². The molecular formula is C32H32FNO2. The Morgan fingerprint density at radius 3 is 2.50 bits per heavy atom. The van der Waals surface area contributed by atoms with Crippen LogP contribution in [0.5, 0.6) is 0 Å². The first-order valence-corrected chi connectivity index (χ1v) is 12.8. The summed E-state index contributed by atoms with van der Waals surface area (Å²) < 4.78 is 14.5. The highest BCUT2D eigenvalue weighted by atomic mass is 19.1. The summed E-state index contributed by atoms with van der Waals surface area (Å²) in [7, 11) is 1.78. The van der Waals surface area contributed by atoms with E-state index in [-0.39, 0.29) is 23.9 Å². The molecular weight excluding hydrogens is 449 g/mol. The Kier molecular flexibility index (Phi) is 7.13. The largest absolute Gasteiger partial charge is 0.341 e. The molecule has 0 unspecified atom stereocenters. The first kappa shape index (κ1) is 24.2. The molecule has 0 aliphatic heterocycles. The van der Waals surface area contributed by atoms with Gasteiger partial charge in [-0.2, -0.15) is 0 Å². The molecule has 3 aromatic carbocycles. The minimum absolute atomic E-state index is 0.0709. The lowest BCUT2D eigenvalue weighted by molar-refractivity contribution is -0.137. The van der Waals surface area contributed by atoms with Crippen molar-refractivity contribution in [1.82, 2.24) is 4.90 Å². The van der Waals surface area contributed by atoms with Crippen LogP contribution in [0.2, 0.25) is 0 Å². The highest BCUT2D eigenvalue weighted by Crippen LogP contribution is 2.38. The number of fused-ring (bicyclic) bond motifs is 4. The Balaban J connectivity index is 1.45. The predicted molar refractivity (Wildman–Crippen MR) is 141 cm³/mol. The molecule has 3 nitrogen and oxygen atoms in total. The molecule has 2 aliphatic carbocycles. The Labute approximate surface area is 212 Å². The highest BCUT2D eigenvalue weighted by molar-refractivity contribution is 5.95. The molecule has 0 aromatic heterocycles. The van der Waals surface area contributed by atoms with Gasteiger partial charge in [-0.3, -0.25) is 9.59 Å². The van der Waals surface area contributed by atoms with Crippen molar-refractivity contribution in [2.24, 2.45) is 5.92 Å². The van der Waals surface area contributed by atoms with E-state index in [9.17, 15) is 14.0 Å². The number of halogens is 1. The number of rotatable bonds is 3. The molecule has 0 radical (unpaired) electrons. The Bertz CT molecular complexity index is 1310. The topological polar surface area (TPSA) is 37.4 Å². The lowest BCUT2D eigenvalue weighted by atomic mass is 9.89. The van der Waals surface area contributed by atoms with Crippen molar-refractivity contribution < 1.29 is 14.0 Å². The van der Waals surface area contributed by atoms with E-state index in [1.807, 2.05) is 48.5 Å². The number of allylic oxidation sites excluding steroid dienone is 2. The van der Waals surface area contributed by atoms with Gasteiger partial charge in [0, 0.05) is 32.4 Å². The van der Waals surface area contributed by atoms with Crippen LogP contribution in [0.4, 0.5) is 4.39 Å². The summed E-state index contributed by atoms with van der Waals surface area (Å²) in [6, 6.07) is 23.3. The minimum Gasteiger partial charge on any atom is -0.341 e. The van der Waals surface area contributed by atoms with Crippen molar-refractivity contribution in [1.29, 1.82) is 0 Å². The summed E-state index contributed by atoms with van der Waals surface area (Å²) in [4.78, 5) is 28.7. The van der Waals surface area contributed by atoms with E-state index in [0.717, 1.165) is 47.9 Å². The van der Waals surface area contributed by atoms with Crippen LogP contribution >= 0.6 is 0 Å². The van der Waals surface area contributed by atoms with Crippen LogP contribution in [0.3, 0.4) is 0 Å². The van der Waals surface area contributed by atoms with Crippen molar-refractivity contribution in [2.45, 2.75) is 51.5 Å². The van der Waals surface area contributed by atoms with Crippen LogP contribution in [0, 0.1) is 11.7 Å². The Hall–Kier alpha value is -3.53. The second-order valence-corrected chi connectivity index (χ2v) is 10.2. The number of aryl methyl sites for hydroxylation is 1. The standard InChI is InChI=1S/C32H32FNO2/c1-34(21-22-8-3-2-4-9-22)32(36)27-15-24-14-23(16-28(33)17-24)10-7-12-26-18-25-11-5-6-13-30(25)31(26)20-29(35)19-27/h2-6,8-9,11,13-14,16-17,27H,7,10,12,15,18-21H2,1H3/t27-/m1/s1. The average Bonchev–Trinajstić information content (AvgIpc) is 3.20. The SMILES string of the molecule is CN(Cc1ccccc1)C(=O)[C@H]1CC(=O)CC2=C(CCCc3cc(F)cc(c3)C1)Cc1ccccc12. The smallest absolute Gasteiger partial charge is 0.226 e. The van der Waals surface area contributed by atoms with Crippen molar-refractivity contribution in [3.8, 4) is 0 Å². The quantitative estimate of drug-likeness (QED) is 0.438. The third kappa shape index (κ3) is 5.48. The van der Waals surface area contributed by atoms with Crippen LogP contribution in [0.15, 0.2) is 78.4 Å². The van der Waals surface area contributed by atoms with Crippen molar-refractivity contribution in [2.75, 3.05) is 7.05 Å². The lowest BCUT2D eigenvalue weighted by Gasteiger charge is -2.24. The fraction of sp³-hybridized carbons (Fsp3) is 0.312. The monoisotopic (exact) mass is 481 g/mol. The van der Waals surface area contributed by atoms with Gasteiger partial charge in [0.2, 0.25) is 5.91 Å². The van der Waals surface area contributed by atoms with Gasteiger partial charge in [0.25, 0.3) is 0 Å². The number of Topliss-reactive ketones (excluding diaryl/α,β-unsaturated/α-hetero) is 1. The van der Waals surface area contributed by atoms with Gasteiger partial charge < -0.3 is 4.90 Å². The van der Waals surface area contributed by atoms with Gasteiger partial charge in [0.05, 0.1) is 0 Å². The maximum Gasteiger partial charge on any atom is 0.226 e. The van der Waals surface area contributed by atoms with Gasteiger partial charge in [0.1, 0.15) is 11.6 Å². The van der Waals surface area contributed by atoms with Gasteiger partial charge in [-0.25, -0.2) is 4.39 Å². The molecule has 0 spiro atoms. The van der Waals surface area contributed by atoms with E-state index >= 15 is 0 Å². The van der Waals surface area contributed by atoms with Crippen LogP contribution in [0.25, 0.3) is 5.57 Å². The summed E-state index contributed by atoms with van der Waals surface area (Å²) in [5, 5.41) is 0. The fourth-order valence-electron chi connectivity index (χ4n) is 5.76. The van der Waals surface area contributed by atoms with Crippen LogP contribution in [0.1, 0.15) is 53.5 Å². The van der Waals surface area contributed by atoms with Gasteiger partial charge in [-0.15, -0.1) is 0 Å². The number of hydrogen-bond donors (Lipinski definition) is 0. The van der Waals surface area contributed by atoms with Crippen LogP contribution in [-0.4, -0.2) is 23.6 Å². The van der Waals surface area contributed by atoms with Gasteiger partial charge in [-0.05, 0) is 77.6 Å². The van der Waals surface area contributed by atoms with E-state index in [2.05, 4.69) is 12.1 Å². The summed E-state index contributed by atoms with van der Waals surface area (Å²) >= 11 is 0. The third-order valence-electron chi connectivity index (χ3n) is 7.45. The molecule has 0 heterocycles. The molecule has 0 N–H and O–H groups in total. The number of carbonyl (C=O) groups excluding carboxylic acids is 2. The average molecular weight is 482 g/mol. The van der Waals surface area contributed by atoms with Crippen molar-refractivity contribution in [3.05, 3.63) is 112 Å². The maximum atomic E-state index is 14.5. The van der Waals surface area contributed by atoms with E-state index in [1.165, 1.54) is 22.8 Å². The number of carbonyl (C=O) groups is 2. The minimum atomic E-state index is -0.526. The van der Waals surface area contributed by atoms with E-state index in [0.29, 0.717) is 19.4 Å². The first-order chi connectivity index (χ1) is 17.5. The molecule has 0 fully saturated rings. The second kappa shape index (κ2) is 10.6. The summed E-state index contributed by atoms with van der Waals surface area (Å²) in [5.41, 5.74) is 7.67. The fourth-order valence-corrected chi connectivity index (χ4v) is 5.76. The number of benzene rings is 3. The number of hydrogen-bond acceptors (Lipinski definition) is 2. The van der Waals surface area contributed by atoms with Gasteiger partial charge in [0.15, 0.2) is 0 Å². The molecule has 2 aliphatic rings. The Morgan fingerprint density at radius 2 is 1.67 bits per heavy atom. The van der Waals surface area contributed by atoms with E-state index in [1.54, 1.807) is 18.0 Å². The molecule has 5 rings (SSSR count). The van der Waals surface area contributed by atoms with Crippen LogP contribution in [-0.2, 0) is 35.4 Å². The predicted octanol–water partition coefficient (Wildman–Crippen LogP) is 6.34. The van der Waals surface area contributed by atoms with E-state index in [4.69, 9.17) is 0 Å². The highest BCUT2D eigenvalue weighted by Gasteiger charge is 2.29. The number of ketones is 1. The lowest BCUT2D eigenvalue weighted by Crippen LogP contribution is -2.35. The van der Waals surface area contributed by atoms with Crippen molar-refractivity contribution >= 4 is 17.3 Å². The van der Waals surface area contributed by atoms with Gasteiger partial charge >= 0.3 is 0 Å². The van der Waals surface area contributed by atoms with E-state index < -0.39 is 5.92 Å². The summed E-state index contributed by atoms with van der Waals surface area (Å²) in [6.07, 6.45) is 4.31. The molecule has 1 amide bonds. The molecule has 2 bridgehead atoms. The number of amides is 1. The second-order valence-electron chi connectivity index (χ2n) is 10.2. The molecule has 0 saturated heterocycles. The molecule has 1 atom stereocenters. The first-order valence-electron chi connectivity index (χ1n) is 12.8. The zero-order valence-electron chi connectivity index (χ0n) is 20.8. The summed E-state index contributed by atoms with van der Waals surface area (Å²) in [6.45, 7) is 0.474. The number of nitrogens with zero attached hydrogens (tertiary/aromatic N) is 1. The molecule has 4 heteroatoms. The van der Waals surface area contributed by atoms with Crippen LogP contribution < -0.4 is 0 Å². The molecule has 184 valence electrons. The third-order valence-corrected chi connectivity index (χ3v) is 7.45. The zero-order chi connectivity index (χ0) is 25.1. The maximum absolute atomic E-state index is 14.5. The zero-order valence-corrected chi connectivity index (χ0v) is 20.8.